The van der Waals surface area contributed by atoms with Crippen LogP contribution in [-0.2, 0) is 6.54 Å². The van der Waals surface area contributed by atoms with Crippen molar-refractivity contribution < 1.29 is 0 Å². The average molecular weight is 252 g/mol. The summed E-state index contributed by atoms with van der Waals surface area (Å²) in [5.74, 6) is 0. The van der Waals surface area contributed by atoms with Gasteiger partial charge in [0.25, 0.3) is 0 Å². The van der Waals surface area contributed by atoms with E-state index in [0.29, 0.717) is 12.6 Å². The van der Waals surface area contributed by atoms with Crippen molar-refractivity contribution in [3.05, 3.63) is 18.0 Å². The van der Waals surface area contributed by atoms with E-state index < -0.39 is 0 Å². The molecule has 0 aliphatic rings. The molecule has 4 heteroatoms. The van der Waals surface area contributed by atoms with Gasteiger partial charge in [0.2, 0.25) is 0 Å². The predicted molar refractivity (Wildman–Crippen MR) is 76.4 cm³/mol. The molecular formula is C14H28N4. The van der Waals surface area contributed by atoms with E-state index in [1.807, 2.05) is 10.9 Å². The summed E-state index contributed by atoms with van der Waals surface area (Å²) in [4.78, 5) is 2.37. The number of hydrogen-bond donors (Lipinski definition) is 1. The first-order chi connectivity index (χ1) is 8.63. The Bertz CT molecular complexity index is 334. The Morgan fingerprint density at radius 3 is 2.67 bits per heavy atom. The largest absolute Gasteiger partial charge is 0.329 e. The minimum Gasteiger partial charge on any atom is -0.329 e. The number of nitrogens with zero attached hydrogens (tertiary/aromatic N) is 3. The van der Waals surface area contributed by atoms with Gasteiger partial charge in [-0.25, -0.2) is 0 Å². The fourth-order valence-electron chi connectivity index (χ4n) is 2.37. The highest BCUT2D eigenvalue weighted by Crippen LogP contribution is 2.21. The van der Waals surface area contributed by atoms with Gasteiger partial charge < -0.3 is 5.73 Å². The Morgan fingerprint density at radius 1 is 1.39 bits per heavy atom. The number of aryl methyl sites for hydroxylation is 1. The zero-order valence-electron chi connectivity index (χ0n) is 12.3. The lowest BCUT2D eigenvalue weighted by molar-refractivity contribution is 0.179. The second-order valence-electron chi connectivity index (χ2n) is 5.09. The first kappa shape index (κ1) is 15.2. The molecular weight excluding hydrogens is 224 g/mol. The lowest BCUT2D eigenvalue weighted by Crippen LogP contribution is -2.36. The molecule has 2 N–H and O–H groups in total. The van der Waals surface area contributed by atoms with Gasteiger partial charge in [-0.1, -0.05) is 20.3 Å². The van der Waals surface area contributed by atoms with Crippen LogP contribution in [-0.4, -0.2) is 34.3 Å². The zero-order valence-corrected chi connectivity index (χ0v) is 12.3. The zero-order chi connectivity index (χ0) is 13.5. The van der Waals surface area contributed by atoms with Crippen molar-refractivity contribution in [3.63, 3.8) is 0 Å². The molecule has 1 aromatic rings. The fraction of sp³-hybridized carbons (Fsp3) is 0.786. The van der Waals surface area contributed by atoms with Crippen molar-refractivity contribution in [3.8, 4) is 0 Å². The van der Waals surface area contributed by atoms with Crippen molar-refractivity contribution in [1.82, 2.24) is 14.7 Å². The van der Waals surface area contributed by atoms with E-state index >= 15 is 0 Å². The summed E-state index contributed by atoms with van der Waals surface area (Å²) in [6.45, 7) is 8.27. The molecule has 0 spiro atoms. The Morgan fingerprint density at radius 2 is 2.11 bits per heavy atom. The van der Waals surface area contributed by atoms with Crippen molar-refractivity contribution >= 4 is 0 Å². The van der Waals surface area contributed by atoms with Gasteiger partial charge in [-0.3, -0.25) is 9.58 Å². The Labute approximate surface area is 111 Å². The molecule has 2 atom stereocenters. The molecule has 104 valence electrons. The summed E-state index contributed by atoms with van der Waals surface area (Å²) in [6, 6.07) is 0.829. The topological polar surface area (TPSA) is 47.1 Å². The monoisotopic (exact) mass is 252 g/mol. The first-order valence-corrected chi connectivity index (χ1v) is 7.08. The predicted octanol–water partition coefficient (Wildman–Crippen LogP) is 2.41. The number of hydrogen-bond acceptors (Lipinski definition) is 3. The van der Waals surface area contributed by atoms with Gasteiger partial charge in [0.1, 0.15) is 0 Å². The fourth-order valence-corrected chi connectivity index (χ4v) is 2.37. The molecule has 0 fully saturated rings. The van der Waals surface area contributed by atoms with E-state index in [4.69, 9.17) is 5.73 Å². The van der Waals surface area contributed by atoms with Gasteiger partial charge in [-0.15, -0.1) is 0 Å². The highest BCUT2D eigenvalue weighted by atomic mass is 15.3. The van der Waals surface area contributed by atoms with Gasteiger partial charge in [-0.05, 0) is 26.8 Å². The smallest absolute Gasteiger partial charge is 0.0538 e. The maximum absolute atomic E-state index is 5.94. The van der Waals surface area contributed by atoms with Crippen LogP contribution in [0.1, 0.15) is 51.6 Å². The highest BCUT2D eigenvalue weighted by Gasteiger charge is 2.21. The molecule has 1 heterocycles. The quantitative estimate of drug-likeness (QED) is 0.773. The Kier molecular flexibility index (Phi) is 6.36. The van der Waals surface area contributed by atoms with Gasteiger partial charge in [0.05, 0.1) is 12.2 Å². The van der Waals surface area contributed by atoms with Crippen LogP contribution in [0.2, 0.25) is 0 Å². The van der Waals surface area contributed by atoms with E-state index in [0.717, 1.165) is 13.0 Å². The summed E-state index contributed by atoms with van der Waals surface area (Å²) >= 11 is 0. The van der Waals surface area contributed by atoms with E-state index in [-0.39, 0.29) is 6.04 Å². The highest BCUT2D eigenvalue weighted by molar-refractivity contribution is 5.11. The van der Waals surface area contributed by atoms with Gasteiger partial charge in [0.15, 0.2) is 0 Å². The summed E-state index contributed by atoms with van der Waals surface area (Å²) in [5, 5.41) is 4.40. The normalized spacial score (nSPS) is 15.0. The second-order valence-corrected chi connectivity index (χ2v) is 5.09. The van der Waals surface area contributed by atoms with Crippen LogP contribution < -0.4 is 5.73 Å². The molecule has 1 aromatic heterocycles. The third-order valence-electron chi connectivity index (χ3n) is 3.61. The summed E-state index contributed by atoms with van der Waals surface area (Å²) in [5.41, 5.74) is 7.18. The van der Waals surface area contributed by atoms with Crippen LogP contribution in [0.4, 0.5) is 0 Å². The van der Waals surface area contributed by atoms with Crippen LogP contribution in [0.25, 0.3) is 0 Å². The molecule has 2 unspecified atom stereocenters. The van der Waals surface area contributed by atoms with E-state index in [9.17, 15) is 0 Å². The van der Waals surface area contributed by atoms with Crippen molar-refractivity contribution in [2.24, 2.45) is 5.73 Å². The Balaban J connectivity index is 2.74. The van der Waals surface area contributed by atoms with Crippen LogP contribution in [0.15, 0.2) is 12.4 Å². The summed E-state index contributed by atoms with van der Waals surface area (Å²) < 4.78 is 2.01. The first-order valence-electron chi connectivity index (χ1n) is 7.08. The van der Waals surface area contributed by atoms with Gasteiger partial charge in [-0.2, -0.15) is 5.10 Å². The summed E-state index contributed by atoms with van der Waals surface area (Å²) in [7, 11) is 2.16. The second kappa shape index (κ2) is 7.54. The maximum atomic E-state index is 5.94. The van der Waals surface area contributed by atoms with Crippen LogP contribution in [0.3, 0.4) is 0 Å². The van der Waals surface area contributed by atoms with E-state index in [1.165, 1.54) is 18.4 Å². The average Bonchev–Trinajstić information content (AvgIpc) is 2.79. The van der Waals surface area contributed by atoms with Crippen LogP contribution >= 0.6 is 0 Å². The minimum absolute atomic E-state index is 0.275. The maximum Gasteiger partial charge on any atom is 0.0538 e. The minimum atomic E-state index is 0.275. The summed E-state index contributed by atoms with van der Waals surface area (Å²) in [6.07, 6.45) is 7.61. The van der Waals surface area contributed by atoms with E-state index in [1.54, 1.807) is 0 Å². The third kappa shape index (κ3) is 3.82. The van der Waals surface area contributed by atoms with Gasteiger partial charge >= 0.3 is 0 Å². The molecule has 18 heavy (non-hydrogen) atoms. The van der Waals surface area contributed by atoms with Crippen LogP contribution in [0, 0.1) is 0 Å². The molecule has 0 aliphatic carbocycles. The molecule has 1 rings (SSSR count). The van der Waals surface area contributed by atoms with Crippen molar-refractivity contribution in [1.29, 1.82) is 0 Å². The molecule has 0 aliphatic heterocycles. The molecule has 4 nitrogen and oxygen atoms in total. The van der Waals surface area contributed by atoms with Crippen LogP contribution in [0.5, 0.6) is 0 Å². The lowest BCUT2D eigenvalue weighted by atomic mass is 10.1. The Hall–Kier alpha value is -0.870. The molecule has 0 amide bonds. The number of nitrogens with two attached hydrogens (primary N) is 1. The number of rotatable bonds is 8. The molecule has 0 radical (unpaired) electrons. The van der Waals surface area contributed by atoms with Crippen molar-refractivity contribution in [2.75, 3.05) is 13.6 Å². The lowest BCUT2D eigenvalue weighted by Gasteiger charge is -2.31. The number of likely N-dealkylation sites (N-methyl/N-ethyl adjacent to an activating group) is 1. The van der Waals surface area contributed by atoms with E-state index in [2.05, 4.69) is 44.0 Å². The molecule has 0 saturated carbocycles. The SMILES string of the molecule is CCCC(C)N(C)C(CN)c1cnn(CCC)c1. The molecule has 0 saturated heterocycles. The molecule has 0 aromatic carbocycles. The third-order valence-corrected chi connectivity index (χ3v) is 3.61. The van der Waals surface area contributed by atoms with Crippen molar-refractivity contribution in [2.45, 2.75) is 58.7 Å². The molecule has 0 bridgehead atoms. The van der Waals surface area contributed by atoms with Gasteiger partial charge in [0, 0.05) is 30.9 Å². The standard InChI is InChI=1S/C14H28N4/c1-5-7-12(3)17(4)14(9-15)13-10-16-18(11-13)8-6-2/h10-12,14H,5-9,15H2,1-4H3. The number of aromatic nitrogens is 2.